The second kappa shape index (κ2) is 6.88. The van der Waals surface area contributed by atoms with Gasteiger partial charge in [0.15, 0.2) is 0 Å². The van der Waals surface area contributed by atoms with Gasteiger partial charge in [0.1, 0.15) is 11.4 Å². The molecule has 0 bridgehead atoms. The molecule has 0 radical (unpaired) electrons. The Balaban J connectivity index is 1.66. The lowest BCUT2D eigenvalue weighted by Gasteiger charge is -2.08. The normalized spacial score (nSPS) is 10.7. The van der Waals surface area contributed by atoms with Gasteiger partial charge in [-0.05, 0) is 54.1 Å². The number of benzene rings is 3. The van der Waals surface area contributed by atoms with E-state index in [9.17, 15) is 14.0 Å². The van der Waals surface area contributed by atoms with Gasteiger partial charge in [-0.1, -0.05) is 30.3 Å². The van der Waals surface area contributed by atoms with Crippen LogP contribution in [0.3, 0.4) is 0 Å². The molecule has 1 amide bonds. The number of fused-ring (bicyclic) bond motifs is 1. The van der Waals surface area contributed by atoms with Gasteiger partial charge in [0.25, 0.3) is 5.91 Å². The third-order valence-electron chi connectivity index (χ3n) is 4.18. The Morgan fingerprint density at radius 2 is 1.67 bits per heavy atom. The van der Waals surface area contributed by atoms with Gasteiger partial charge in [-0.25, -0.2) is 9.18 Å². The first kappa shape index (κ1) is 16.7. The summed E-state index contributed by atoms with van der Waals surface area (Å²) in [5.74, 6) is -0.769. The summed E-state index contributed by atoms with van der Waals surface area (Å²) < 4.78 is 18.4. The molecule has 0 aliphatic heterocycles. The standard InChI is InChI=1S/C22H14FNO3/c23-17-10-8-14(9-11-17)21(25)24-18-6-3-5-15(12-18)19-13-16-4-1-2-7-20(16)27-22(19)26/h1-13H,(H,24,25). The largest absolute Gasteiger partial charge is 0.422 e. The van der Waals surface area contributed by atoms with Crippen molar-refractivity contribution < 1.29 is 13.6 Å². The number of nitrogens with one attached hydrogen (secondary N) is 1. The molecule has 0 saturated heterocycles. The van der Waals surface area contributed by atoms with Crippen LogP contribution in [0.2, 0.25) is 0 Å². The fourth-order valence-corrected chi connectivity index (χ4v) is 2.83. The van der Waals surface area contributed by atoms with E-state index in [0.29, 0.717) is 28.0 Å². The Labute approximate surface area is 153 Å². The van der Waals surface area contributed by atoms with E-state index in [1.165, 1.54) is 24.3 Å². The molecule has 0 saturated carbocycles. The first-order chi connectivity index (χ1) is 13.1. The Hall–Kier alpha value is -3.73. The molecule has 1 N–H and O–H groups in total. The van der Waals surface area contributed by atoms with Gasteiger partial charge in [-0.15, -0.1) is 0 Å². The lowest BCUT2D eigenvalue weighted by atomic mass is 10.1. The van der Waals surface area contributed by atoms with E-state index in [-0.39, 0.29) is 5.91 Å². The molecule has 1 heterocycles. The van der Waals surface area contributed by atoms with Gasteiger partial charge >= 0.3 is 5.63 Å². The van der Waals surface area contributed by atoms with Crippen molar-refractivity contribution in [2.45, 2.75) is 0 Å². The van der Waals surface area contributed by atoms with Crippen LogP contribution >= 0.6 is 0 Å². The molecule has 0 spiro atoms. The lowest BCUT2D eigenvalue weighted by molar-refractivity contribution is 0.102. The molecule has 1 aromatic heterocycles. The number of carbonyl (C=O) groups excluding carboxylic acids is 1. The smallest absolute Gasteiger partial charge is 0.344 e. The molecule has 0 fully saturated rings. The average molecular weight is 359 g/mol. The van der Waals surface area contributed by atoms with E-state index < -0.39 is 11.4 Å². The molecule has 0 unspecified atom stereocenters. The van der Waals surface area contributed by atoms with Crippen molar-refractivity contribution in [1.82, 2.24) is 0 Å². The predicted molar refractivity (Wildman–Crippen MR) is 102 cm³/mol. The molecule has 3 aromatic carbocycles. The molecule has 0 atom stereocenters. The fraction of sp³-hybridized carbons (Fsp3) is 0. The number of rotatable bonds is 3. The van der Waals surface area contributed by atoms with E-state index in [0.717, 1.165) is 5.39 Å². The predicted octanol–water partition coefficient (Wildman–Crippen LogP) is 4.85. The minimum Gasteiger partial charge on any atom is -0.422 e. The van der Waals surface area contributed by atoms with Crippen LogP contribution in [0.4, 0.5) is 10.1 Å². The van der Waals surface area contributed by atoms with E-state index in [2.05, 4.69) is 5.32 Å². The van der Waals surface area contributed by atoms with Crippen molar-refractivity contribution in [3.63, 3.8) is 0 Å². The van der Waals surface area contributed by atoms with Crippen LogP contribution in [0.5, 0.6) is 0 Å². The van der Waals surface area contributed by atoms with Crippen LogP contribution in [-0.2, 0) is 0 Å². The number of carbonyl (C=O) groups is 1. The maximum atomic E-state index is 13.0. The average Bonchev–Trinajstić information content (AvgIpc) is 2.68. The molecular weight excluding hydrogens is 345 g/mol. The van der Waals surface area contributed by atoms with Crippen molar-refractivity contribution in [2.24, 2.45) is 0 Å². The van der Waals surface area contributed by atoms with Gasteiger partial charge in [-0.3, -0.25) is 4.79 Å². The Morgan fingerprint density at radius 1 is 0.889 bits per heavy atom. The first-order valence-corrected chi connectivity index (χ1v) is 8.30. The van der Waals surface area contributed by atoms with Gasteiger partial charge in [0, 0.05) is 16.6 Å². The third kappa shape index (κ3) is 3.48. The highest BCUT2D eigenvalue weighted by Gasteiger charge is 2.10. The zero-order chi connectivity index (χ0) is 18.8. The van der Waals surface area contributed by atoms with Gasteiger partial charge in [0.2, 0.25) is 0 Å². The van der Waals surface area contributed by atoms with E-state index >= 15 is 0 Å². The van der Waals surface area contributed by atoms with Crippen molar-refractivity contribution >= 4 is 22.6 Å². The van der Waals surface area contributed by atoms with Gasteiger partial charge < -0.3 is 9.73 Å². The topological polar surface area (TPSA) is 59.3 Å². The maximum Gasteiger partial charge on any atom is 0.344 e. The first-order valence-electron chi connectivity index (χ1n) is 8.30. The van der Waals surface area contributed by atoms with Crippen LogP contribution in [-0.4, -0.2) is 5.91 Å². The van der Waals surface area contributed by atoms with E-state index in [4.69, 9.17) is 4.42 Å². The van der Waals surface area contributed by atoms with E-state index in [1.807, 2.05) is 12.1 Å². The number of hydrogen-bond donors (Lipinski definition) is 1. The van der Waals surface area contributed by atoms with Crippen LogP contribution in [0, 0.1) is 5.82 Å². The molecule has 5 heteroatoms. The van der Waals surface area contributed by atoms with Gasteiger partial charge in [-0.2, -0.15) is 0 Å². The summed E-state index contributed by atoms with van der Waals surface area (Å²) in [6, 6.07) is 21.2. The summed E-state index contributed by atoms with van der Waals surface area (Å²) in [7, 11) is 0. The van der Waals surface area contributed by atoms with Crippen molar-refractivity contribution in [2.75, 3.05) is 5.32 Å². The summed E-state index contributed by atoms with van der Waals surface area (Å²) in [6.07, 6.45) is 0. The highest BCUT2D eigenvalue weighted by atomic mass is 19.1. The van der Waals surface area contributed by atoms with Crippen molar-refractivity contribution in [3.05, 3.63) is 101 Å². The highest BCUT2D eigenvalue weighted by Crippen LogP contribution is 2.23. The third-order valence-corrected chi connectivity index (χ3v) is 4.18. The second-order valence-electron chi connectivity index (χ2n) is 6.03. The highest BCUT2D eigenvalue weighted by molar-refractivity contribution is 6.04. The monoisotopic (exact) mass is 359 g/mol. The quantitative estimate of drug-likeness (QED) is 0.532. The number of para-hydroxylation sites is 1. The fourth-order valence-electron chi connectivity index (χ4n) is 2.83. The van der Waals surface area contributed by atoms with Crippen LogP contribution < -0.4 is 10.9 Å². The Kier molecular flexibility index (Phi) is 4.26. The van der Waals surface area contributed by atoms with Gasteiger partial charge in [0.05, 0.1) is 5.56 Å². The Bertz CT molecular complexity index is 1200. The molecular formula is C22H14FNO3. The van der Waals surface area contributed by atoms with Crippen LogP contribution in [0.25, 0.3) is 22.1 Å². The number of hydrogen-bond acceptors (Lipinski definition) is 3. The molecule has 4 nitrogen and oxygen atoms in total. The lowest BCUT2D eigenvalue weighted by Crippen LogP contribution is -2.12. The molecule has 4 aromatic rings. The molecule has 0 aliphatic carbocycles. The summed E-state index contributed by atoms with van der Waals surface area (Å²) in [4.78, 5) is 24.6. The minimum atomic E-state index is -0.448. The van der Waals surface area contributed by atoms with Crippen LogP contribution in [0.1, 0.15) is 10.4 Å². The summed E-state index contributed by atoms with van der Waals surface area (Å²) in [6.45, 7) is 0. The minimum absolute atomic E-state index is 0.340. The number of amides is 1. The van der Waals surface area contributed by atoms with Crippen molar-refractivity contribution in [1.29, 1.82) is 0 Å². The zero-order valence-corrected chi connectivity index (χ0v) is 14.1. The summed E-state index contributed by atoms with van der Waals surface area (Å²) in [5.41, 5.74) is 1.97. The van der Waals surface area contributed by atoms with Crippen molar-refractivity contribution in [3.8, 4) is 11.1 Å². The summed E-state index contributed by atoms with van der Waals surface area (Å²) in [5, 5.41) is 3.56. The Morgan fingerprint density at radius 3 is 2.48 bits per heavy atom. The molecule has 27 heavy (non-hydrogen) atoms. The number of anilines is 1. The zero-order valence-electron chi connectivity index (χ0n) is 14.1. The van der Waals surface area contributed by atoms with Crippen LogP contribution in [0.15, 0.2) is 88.1 Å². The maximum absolute atomic E-state index is 13.0. The second-order valence-corrected chi connectivity index (χ2v) is 6.03. The molecule has 4 rings (SSSR count). The molecule has 132 valence electrons. The number of halogens is 1. The summed E-state index contributed by atoms with van der Waals surface area (Å²) >= 11 is 0. The molecule has 0 aliphatic rings. The SMILES string of the molecule is O=C(Nc1cccc(-c2cc3ccccc3oc2=O)c1)c1ccc(F)cc1. The van der Waals surface area contributed by atoms with E-state index in [1.54, 1.807) is 42.5 Å².